The second-order valence-corrected chi connectivity index (χ2v) is 10.8. The summed E-state index contributed by atoms with van der Waals surface area (Å²) in [5.74, 6) is 0.657. The summed E-state index contributed by atoms with van der Waals surface area (Å²) in [5.41, 5.74) is 2.77. The number of likely N-dealkylation sites (tertiary alicyclic amines) is 1. The average molecular weight is 499 g/mol. The van der Waals surface area contributed by atoms with Crippen molar-refractivity contribution in [1.29, 1.82) is 0 Å². The largest absolute Gasteiger partial charge is 0.497 e. The highest BCUT2D eigenvalue weighted by Crippen LogP contribution is 2.34. The first-order valence-corrected chi connectivity index (χ1v) is 12.9. The van der Waals surface area contributed by atoms with Crippen molar-refractivity contribution in [3.05, 3.63) is 54.2 Å². The number of aromatic nitrogens is 1. The standard InChI is InChI=1S/C25H30N4O5S/c1-17(30)27-19-4-7-21(8-5-19)35(32,33)28(2)16-25(31)29-12-10-18(11-13-29)23-15-26-24-9-6-20(34-3)14-22(23)24/h4-9,14-15,18,26H,10-13,16H2,1-3H3,(H,27,30). The first-order valence-electron chi connectivity index (χ1n) is 11.5. The first-order chi connectivity index (χ1) is 16.7. The summed E-state index contributed by atoms with van der Waals surface area (Å²) in [6, 6.07) is 11.8. The van der Waals surface area contributed by atoms with Crippen LogP contribution in [-0.4, -0.2) is 68.2 Å². The van der Waals surface area contributed by atoms with Gasteiger partial charge in [-0.05, 0) is 66.8 Å². The SMILES string of the molecule is COc1ccc2[nH]cc(C3CCN(C(=O)CN(C)S(=O)(=O)c4ccc(NC(C)=O)cc4)CC3)c2c1. The molecule has 1 aromatic heterocycles. The van der Waals surface area contributed by atoms with Gasteiger partial charge in [0, 0.05) is 49.8 Å². The molecule has 0 bridgehead atoms. The van der Waals surface area contributed by atoms with E-state index in [1.807, 2.05) is 24.4 Å². The Morgan fingerprint density at radius 3 is 2.46 bits per heavy atom. The maximum Gasteiger partial charge on any atom is 0.243 e. The van der Waals surface area contributed by atoms with Crippen molar-refractivity contribution in [3.63, 3.8) is 0 Å². The average Bonchev–Trinajstić information content (AvgIpc) is 3.27. The van der Waals surface area contributed by atoms with Crippen LogP contribution in [0.25, 0.3) is 10.9 Å². The Morgan fingerprint density at radius 1 is 1.14 bits per heavy atom. The van der Waals surface area contributed by atoms with Gasteiger partial charge in [-0.1, -0.05) is 0 Å². The molecule has 2 aromatic carbocycles. The summed E-state index contributed by atoms with van der Waals surface area (Å²) in [5, 5.41) is 3.73. The van der Waals surface area contributed by atoms with Gasteiger partial charge >= 0.3 is 0 Å². The molecule has 2 heterocycles. The van der Waals surface area contributed by atoms with Crippen molar-refractivity contribution >= 4 is 38.4 Å². The number of anilines is 1. The lowest BCUT2D eigenvalue weighted by atomic mass is 9.89. The number of aromatic amines is 1. The topological polar surface area (TPSA) is 112 Å². The van der Waals surface area contributed by atoms with Crippen LogP contribution in [0, 0.1) is 0 Å². The third-order valence-corrected chi connectivity index (χ3v) is 8.27. The zero-order chi connectivity index (χ0) is 25.2. The van der Waals surface area contributed by atoms with Crippen LogP contribution in [0.1, 0.15) is 31.2 Å². The molecule has 2 N–H and O–H groups in total. The van der Waals surface area contributed by atoms with E-state index in [0.717, 1.165) is 33.8 Å². The van der Waals surface area contributed by atoms with Crippen molar-refractivity contribution in [2.45, 2.75) is 30.6 Å². The number of ether oxygens (including phenoxy) is 1. The molecule has 1 aliphatic heterocycles. The lowest BCUT2D eigenvalue weighted by Crippen LogP contribution is -2.44. The number of benzene rings is 2. The van der Waals surface area contributed by atoms with Crippen LogP contribution < -0.4 is 10.1 Å². The van der Waals surface area contributed by atoms with E-state index in [1.54, 1.807) is 12.0 Å². The number of carbonyl (C=O) groups excluding carboxylic acids is 2. The maximum atomic E-state index is 12.9. The van der Waals surface area contributed by atoms with E-state index in [4.69, 9.17) is 4.74 Å². The molecule has 0 saturated carbocycles. The minimum absolute atomic E-state index is 0.0652. The summed E-state index contributed by atoms with van der Waals surface area (Å²) >= 11 is 0. The first kappa shape index (κ1) is 24.7. The predicted octanol–water partition coefficient (Wildman–Crippen LogP) is 3.16. The lowest BCUT2D eigenvalue weighted by molar-refractivity contribution is -0.132. The number of methoxy groups -OCH3 is 1. The number of nitrogens with one attached hydrogen (secondary N) is 2. The van der Waals surface area contributed by atoms with E-state index >= 15 is 0 Å². The van der Waals surface area contributed by atoms with Gasteiger partial charge in [-0.2, -0.15) is 4.31 Å². The number of fused-ring (bicyclic) bond motifs is 1. The molecule has 35 heavy (non-hydrogen) atoms. The van der Waals surface area contributed by atoms with Crippen molar-refractivity contribution in [3.8, 4) is 5.75 Å². The van der Waals surface area contributed by atoms with E-state index in [1.165, 1.54) is 43.8 Å². The molecule has 186 valence electrons. The molecule has 0 unspecified atom stereocenters. The Morgan fingerprint density at radius 2 is 1.83 bits per heavy atom. The molecule has 1 fully saturated rings. The van der Waals surface area contributed by atoms with Gasteiger partial charge in [0.1, 0.15) is 5.75 Å². The van der Waals surface area contributed by atoms with Gasteiger partial charge in [-0.3, -0.25) is 9.59 Å². The van der Waals surface area contributed by atoms with E-state index in [-0.39, 0.29) is 23.3 Å². The number of sulfonamides is 1. The van der Waals surface area contributed by atoms with E-state index < -0.39 is 10.0 Å². The van der Waals surface area contributed by atoms with E-state index in [0.29, 0.717) is 24.7 Å². The monoisotopic (exact) mass is 498 g/mol. The van der Waals surface area contributed by atoms with Crippen molar-refractivity contribution in [1.82, 2.24) is 14.2 Å². The quantitative estimate of drug-likeness (QED) is 0.520. The summed E-state index contributed by atoms with van der Waals surface area (Å²) in [6.45, 7) is 2.29. The number of nitrogens with zero attached hydrogens (tertiary/aromatic N) is 2. The molecule has 4 rings (SSSR count). The predicted molar refractivity (Wildman–Crippen MR) is 134 cm³/mol. The van der Waals surface area contributed by atoms with Crippen LogP contribution in [0.15, 0.2) is 53.6 Å². The van der Waals surface area contributed by atoms with Gasteiger partial charge in [0.25, 0.3) is 0 Å². The Balaban J connectivity index is 1.37. The summed E-state index contributed by atoms with van der Waals surface area (Å²) in [4.78, 5) is 29.2. The fourth-order valence-electron chi connectivity index (χ4n) is 4.49. The molecular weight excluding hydrogens is 468 g/mol. The highest BCUT2D eigenvalue weighted by Gasteiger charge is 2.29. The van der Waals surface area contributed by atoms with E-state index in [2.05, 4.69) is 10.3 Å². The number of H-pyrrole nitrogens is 1. The van der Waals surface area contributed by atoms with Crippen LogP contribution in [0.4, 0.5) is 5.69 Å². The van der Waals surface area contributed by atoms with E-state index in [9.17, 15) is 18.0 Å². The smallest absolute Gasteiger partial charge is 0.243 e. The molecule has 0 aliphatic carbocycles. The number of likely N-dealkylation sites (N-methyl/N-ethyl adjacent to an activating group) is 1. The molecule has 10 heteroatoms. The summed E-state index contributed by atoms with van der Waals surface area (Å²) < 4.78 is 32.3. The Bertz CT molecular complexity index is 1330. The van der Waals surface area contributed by atoms with Gasteiger partial charge in [-0.15, -0.1) is 0 Å². The molecule has 1 saturated heterocycles. The van der Waals surface area contributed by atoms with Crippen molar-refractivity contribution in [2.75, 3.05) is 39.1 Å². The zero-order valence-electron chi connectivity index (χ0n) is 20.1. The Kier molecular flexibility index (Phi) is 7.13. The maximum absolute atomic E-state index is 12.9. The van der Waals surface area contributed by atoms with Crippen LogP contribution in [0.5, 0.6) is 5.75 Å². The summed E-state index contributed by atoms with van der Waals surface area (Å²) in [7, 11) is -0.786. The Hall–Kier alpha value is -3.37. The van der Waals surface area contributed by atoms with Crippen molar-refractivity contribution in [2.24, 2.45) is 0 Å². The molecule has 2 amide bonds. The third kappa shape index (κ3) is 5.33. The number of rotatable bonds is 7. The number of hydrogen-bond donors (Lipinski definition) is 2. The van der Waals surface area contributed by atoms with Crippen LogP contribution in [0.3, 0.4) is 0 Å². The molecule has 0 spiro atoms. The highest BCUT2D eigenvalue weighted by molar-refractivity contribution is 7.89. The van der Waals surface area contributed by atoms with Gasteiger partial charge < -0.3 is 19.9 Å². The normalized spacial score (nSPS) is 14.9. The van der Waals surface area contributed by atoms with Gasteiger partial charge in [0.15, 0.2) is 0 Å². The number of piperidine rings is 1. The van der Waals surface area contributed by atoms with Gasteiger partial charge in [0.2, 0.25) is 21.8 Å². The highest BCUT2D eigenvalue weighted by atomic mass is 32.2. The number of hydrogen-bond acceptors (Lipinski definition) is 5. The molecule has 0 radical (unpaired) electrons. The summed E-state index contributed by atoms with van der Waals surface area (Å²) in [6.07, 6.45) is 3.64. The second kappa shape index (κ2) is 10.1. The molecule has 1 aliphatic rings. The third-order valence-electron chi connectivity index (χ3n) is 6.45. The number of amides is 2. The molecular formula is C25H30N4O5S. The fraction of sp³-hybridized carbons (Fsp3) is 0.360. The molecule has 3 aromatic rings. The minimum Gasteiger partial charge on any atom is -0.497 e. The van der Waals surface area contributed by atoms with Crippen LogP contribution >= 0.6 is 0 Å². The minimum atomic E-state index is -3.84. The fourth-order valence-corrected chi connectivity index (χ4v) is 5.62. The number of carbonyl (C=O) groups is 2. The Labute approximate surface area is 205 Å². The molecule has 0 atom stereocenters. The van der Waals surface area contributed by atoms with Crippen LogP contribution in [0.2, 0.25) is 0 Å². The second-order valence-electron chi connectivity index (χ2n) is 8.78. The molecule has 9 nitrogen and oxygen atoms in total. The van der Waals surface area contributed by atoms with Crippen molar-refractivity contribution < 1.29 is 22.7 Å². The van der Waals surface area contributed by atoms with Crippen LogP contribution in [-0.2, 0) is 19.6 Å². The van der Waals surface area contributed by atoms with Gasteiger partial charge in [-0.25, -0.2) is 8.42 Å². The zero-order valence-corrected chi connectivity index (χ0v) is 20.9. The lowest BCUT2D eigenvalue weighted by Gasteiger charge is -2.33. The van der Waals surface area contributed by atoms with Gasteiger partial charge in [0.05, 0.1) is 18.6 Å².